The molecule has 0 aliphatic carbocycles. The first-order valence-corrected chi connectivity index (χ1v) is 16.7. The molecule has 42 heavy (non-hydrogen) atoms. The number of anilines is 1. The van der Waals surface area contributed by atoms with Crippen molar-refractivity contribution in [2.45, 2.75) is 59.0 Å². The second-order valence-corrected chi connectivity index (χ2v) is 14.9. The predicted molar refractivity (Wildman–Crippen MR) is 174 cm³/mol. The lowest BCUT2D eigenvalue weighted by Crippen LogP contribution is -2.53. The van der Waals surface area contributed by atoms with Crippen LogP contribution in [0.2, 0.25) is 0 Å². The number of nitrogens with zero attached hydrogens (tertiary/aromatic N) is 2. The van der Waals surface area contributed by atoms with Crippen LogP contribution >= 0.6 is 15.9 Å². The molecule has 2 amide bonds. The summed E-state index contributed by atoms with van der Waals surface area (Å²) in [5.74, 6) is -0.527. The van der Waals surface area contributed by atoms with Crippen LogP contribution in [0.15, 0.2) is 83.3 Å². The van der Waals surface area contributed by atoms with Gasteiger partial charge in [0.05, 0.1) is 11.9 Å². The van der Waals surface area contributed by atoms with Crippen LogP contribution in [0.25, 0.3) is 0 Å². The molecule has 226 valence electrons. The topological polar surface area (TPSA) is 86.8 Å². The number of carbonyl (C=O) groups is 2. The summed E-state index contributed by atoms with van der Waals surface area (Å²) in [5.41, 5.74) is 3.05. The number of halogens is 1. The fraction of sp³-hybridized carbons (Fsp3) is 0.394. The van der Waals surface area contributed by atoms with E-state index in [2.05, 4.69) is 42.0 Å². The Balaban J connectivity index is 2.04. The van der Waals surface area contributed by atoms with E-state index in [9.17, 15) is 18.0 Å². The number of amides is 2. The average molecular weight is 657 g/mol. The summed E-state index contributed by atoms with van der Waals surface area (Å²) < 4.78 is 28.0. The van der Waals surface area contributed by atoms with Crippen molar-refractivity contribution in [1.82, 2.24) is 10.2 Å². The number of rotatable bonds is 12. The van der Waals surface area contributed by atoms with E-state index >= 15 is 0 Å². The van der Waals surface area contributed by atoms with Gasteiger partial charge >= 0.3 is 0 Å². The Morgan fingerprint density at radius 3 is 2.00 bits per heavy atom. The van der Waals surface area contributed by atoms with Crippen LogP contribution in [0.1, 0.15) is 51.3 Å². The number of hydrogen-bond acceptors (Lipinski definition) is 4. The van der Waals surface area contributed by atoms with E-state index in [-0.39, 0.29) is 30.2 Å². The van der Waals surface area contributed by atoms with Crippen LogP contribution < -0.4 is 9.62 Å². The van der Waals surface area contributed by atoms with Crippen molar-refractivity contribution in [2.24, 2.45) is 5.92 Å². The highest BCUT2D eigenvalue weighted by atomic mass is 79.9. The molecule has 0 saturated carbocycles. The summed E-state index contributed by atoms with van der Waals surface area (Å²) in [6, 6.07) is 23.4. The summed E-state index contributed by atoms with van der Waals surface area (Å²) in [6.45, 7) is 10.4. The molecular formula is C33H42BrN3O4S. The first-order valence-electron chi connectivity index (χ1n) is 14.1. The summed E-state index contributed by atoms with van der Waals surface area (Å²) >= 11 is 3.45. The van der Waals surface area contributed by atoms with Gasteiger partial charge in [0.15, 0.2) is 0 Å². The first kappa shape index (κ1) is 33.3. The standard InChI is InChI=1S/C33H42BrN3O4S/c1-24(2)21-35-32(39)30(20-25-10-8-7-9-11-25)36(22-26-12-16-28(34)17-13-26)31(38)23-37(42(6,40)41)29-18-14-27(15-19-29)33(3,4)5/h7-19,24,30H,20-23H2,1-6H3,(H,35,39). The van der Waals surface area contributed by atoms with Crippen LogP contribution in [0, 0.1) is 5.92 Å². The molecule has 1 atom stereocenters. The summed E-state index contributed by atoms with van der Waals surface area (Å²) in [7, 11) is -3.82. The van der Waals surface area contributed by atoms with Gasteiger partial charge in [-0.15, -0.1) is 0 Å². The monoisotopic (exact) mass is 655 g/mol. The third-order valence-electron chi connectivity index (χ3n) is 6.92. The molecule has 9 heteroatoms. The highest BCUT2D eigenvalue weighted by Gasteiger charge is 2.33. The third kappa shape index (κ3) is 9.70. The molecule has 0 radical (unpaired) electrons. The van der Waals surface area contributed by atoms with Crippen LogP contribution in [-0.4, -0.2) is 50.5 Å². The minimum atomic E-state index is -3.82. The minimum absolute atomic E-state index is 0.111. The molecule has 0 fully saturated rings. The van der Waals surface area contributed by atoms with Gasteiger partial charge in [0.2, 0.25) is 21.8 Å². The van der Waals surface area contributed by atoms with E-state index in [1.54, 1.807) is 12.1 Å². The lowest BCUT2D eigenvalue weighted by Gasteiger charge is -2.33. The Morgan fingerprint density at radius 1 is 0.881 bits per heavy atom. The Labute approximate surface area is 259 Å². The van der Waals surface area contributed by atoms with Gasteiger partial charge in [0, 0.05) is 24.0 Å². The van der Waals surface area contributed by atoms with E-state index in [0.29, 0.717) is 12.2 Å². The second kappa shape index (κ2) is 14.3. The van der Waals surface area contributed by atoms with Crippen molar-refractivity contribution < 1.29 is 18.0 Å². The average Bonchev–Trinajstić information content (AvgIpc) is 2.92. The lowest BCUT2D eigenvalue weighted by atomic mass is 9.87. The smallest absolute Gasteiger partial charge is 0.244 e. The second-order valence-electron chi connectivity index (χ2n) is 12.1. The lowest BCUT2D eigenvalue weighted by molar-refractivity contribution is -0.140. The maximum absolute atomic E-state index is 14.2. The highest BCUT2D eigenvalue weighted by molar-refractivity contribution is 9.10. The molecule has 1 N–H and O–H groups in total. The van der Waals surface area contributed by atoms with Crippen molar-refractivity contribution in [3.63, 3.8) is 0 Å². The number of hydrogen-bond donors (Lipinski definition) is 1. The highest BCUT2D eigenvalue weighted by Crippen LogP contribution is 2.26. The molecule has 3 aromatic carbocycles. The fourth-order valence-corrected chi connectivity index (χ4v) is 5.62. The molecular weight excluding hydrogens is 614 g/mol. The molecule has 1 unspecified atom stereocenters. The third-order valence-corrected chi connectivity index (χ3v) is 8.59. The van der Waals surface area contributed by atoms with Gasteiger partial charge < -0.3 is 10.2 Å². The Hall–Kier alpha value is -3.17. The van der Waals surface area contributed by atoms with Gasteiger partial charge in [-0.05, 0) is 52.3 Å². The van der Waals surface area contributed by atoms with Gasteiger partial charge in [-0.2, -0.15) is 0 Å². The molecule has 3 aromatic rings. The van der Waals surface area contributed by atoms with E-state index in [4.69, 9.17) is 0 Å². The summed E-state index contributed by atoms with van der Waals surface area (Å²) in [5, 5.41) is 3.00. The zero-order valence-electron chi connectivity index (χ0n) is 25.3. The SMILES string of the molecule is CC(C)CNC(=O)C(Cc1ccccc1)N(Cc1ccc(Br)cc1)C(=O)CN(c1ccc(C(C)(C)C)cc1)S(C)(=O)=O. The molecule has 7 nitrogen and oxygen atoms in total. The zero-order valence-corrected chi connectivity index (χ0v) is 27.7. The first-order chi connectivity index (χ1) is 19.6. The van der Waals surface area contributed by atoms with Crippen LogP contribution in [-0.2, 0) is 38.0 Å². The van der Waals surface area contributed by atoms with E-state index in [0.717, 1.165) is 31.7 Å². The Kier molecular flexibility index (Phi) is 11.4. The number of carbonyl (C=O) groups excluding carboxylic acids is 2. The summed E-state index contributed by atoms with van der Waals surface area (Å²) in [4.78, 5) is 29.4. The van der Waals surface area contributed by atoms with Gasteiger partial charge in [0.1, 0.15) is 12.6 Å². The molecule has 0 aliphatic rings. The largest absolute Gasteiger partial charge is 0.354 e. The van der Waals surface area contributed by atoms with E-state index < -0.39 is 28.5 Å². The summed E-state index contributed by atoms with van der Waals surface area (Å²) in [6.07, 6.45) is 1.38. The molecule has 0 aromatic heterocycles. The van der Waals surface area contributed by atoms with Crippen LogP contribution in [0.5, 0.6) is 0 Å². The van der Waals surface area contributed by atoms with Gasteiger partial charge in [-0.1, -0.05) is 105 Å². The molecule has 0 heterocycles. The Bertz CT molecular complexity index is 1440. The number of nitrogens with one attached hydrogen (secondary N) is 1. The molecule has 0 spiro atoms. The fourth-order valence-electron chi connectivity index (χ4n) is 4.50. The van der Waals surface area contributed by atoms with Gasteiger partial charge in [-0.25, -0.2) is 8.42 Å². The van der Waals surface area contributed by atoms with Gasteiger partial charge in [-0.3, -0.25) is 13.9 Å². The zero-order chi connectivity index (χ0) is 31.1. The minimum Gasteiger partial charge on any atom is -0.354 e. The number of benzene rings is 3. The Morgan fingerprint density at radius 2 is 1.48 bits per heavy atom. The van der Waals surface area contributed by atoms with Crippen LogP contribution in [0.4, 0.5) is 5.69 Å². The van der Waals surface area contributed by atoms with E-state index in [1.165, 1.54) is 4.90 Å². The molecule has 0 saturated heterocycles. The molecule has 3 rings (SSSR count). The van der Waals surface area contributed by atoms with Crippen molar-refractivity contribution in [3.8, 4) is 0 Å². The predicted octanol–water partition coefficient (Wildman–Crippen LogP) is 5.92. The quantitative estimate of drug-likeness (QED) is 0.262. The maximum atomic E-state index is 14.2. The van der Waals surface area contributed by atoms with Crippen LogP contribution in [0.3, 0.4) is 0 Å². The number of sulfonamides is 1. The van der Waals surface area contributed by atoms with Crippen molar-refractivity contribution >= 4 is 43.5 Å². The normalized spacial score (nSPS) is 12.6. The van der Waals surface area contributed by atoms with E-state index in [1.807, 2.05) is 80.6 Å². The van der Waals surface area contributed by atoms with Gasteiger partial charge in [0.25, 0.3) is 0 Å². The van der Waals surface area contributed by atoms with Crippen molar-refractivity contribution in [2.75, 3.05) is 23.7 Å². The molecule has 0 aliphatic heterocycles. The van der Waals surface area contributed by atoms with Crippen molar-refractivity contribution in [1.29, 1.82) is 0 Å². The maximum Gasteiger partial charge on any atom is 0.244 e. The van der Waals surface area contributed by atoms with Crippen molar-refractivity contribution in [3.05, 3.63) is 100 Å². The molecule has 0 bridgehead atoms.